The number of nitrogens with one attached hydrogen (secondary N) is 1. The number of rotatable bonds is 7. The molecular weight excluding hydrogens is 182 g/mol. The maximum Gasteiger partial charge on any atom is 0.304 e. The summed E-state index contributed by atoms with van der Waals surface area (Å²) in [6.07, 6.45) is 0.838. The Morgan fingerprint density at radius 1 is 1.57 bits per heavy atom. The van der Waals surface area contributed by atoms with E-state index < -0.39 is 5.97 Å². The van der Waals surface area contributed by atoms with Crippen molar-refractivity contribution in [3.05, 3.63) is 0 Å². The molecule has 14 heavy (non-hydrogen) atoms. The minimum atomic E-state index is -0.775. The van der Waals surface area contributed by atoms with Gasteiger partial charge in [-0.05, 0) is 26.8 Å². The topological polar surface area (TPSA) is 58.6 Å². The highest BCUT2D eigenvalue weighted by Gasteiger charge is 2.23. The summed E-state index contributed by atoms with van der Waals surface area (Å²) in [7, 11) is 1.64. The fourth-order valence-corrected chi connectivity index (χ4v) is 1.39. The van der Waals surface area contributed by atoms with E-state index in [0.29, 0.717) is 6.42 Å². The summed E-state index contributed by atoms with van der Waals surface area (Å²) in [5.41, 5.74) is -0.276. The minimum Gasteiger partial charge on any atom is -0.481 e. The van der Waals surface area contributed by atoms with Crippen molar-refractivity contribution >= 4 is 5.97 Å². The van der Waals surface area contributed by atoms with Gasteiger partial charge in [0.15, 0.2) is 0 Å². The molecule has 0 aromatic rings. The fourth-order valence-electron chi connectivity index (χ4n) is 1.39. The number of hydrogen-bond acceptors (Lipinski definition) is 3. The number of aliphatic carboxylic acids is 1. The van der Waals surface area contributed by atoms with E-state index in [2.05, 4.69) is 5.32 Å². The molecule has 0 rings (SSSR count). The highest BCUT2D eigenvalue weighted by Crippen LogP contribution is 2.17. The minimum absolute atomic E-state index is 0.0209. The Labute approximate surface area is 85.6 Å². The predicted molar refractivity (Wildman–Crippen MR) is 55.4 cm³/mol. The summed E-state index contributed by atoms with van der Waals surface area (Å²) in [6.45, 7) is 6.66. The number of carboxylic acids is 1. The van der Waals surface area contributed by atoms with Crippen molar-refractivity contribution in [1.82, 2.24) is 5.32 Å². The third kappa shape index (κ3) is 5.94. The molecule has 1 unspecified atom stereocenters. The molecule has 0 spiro atoms. The van der Waals surface area contributed by atoms with Crippen LogP contribution >= 0.6 is 0 Å². The molecule has 0 aromatic carbocycles. The monoisotopic (exact) mass is 203 g/mol. The van der Waals surface area contributed by atoms with Crippen molar-refractivity contribution in [3.63, 3.8) is 0 Å². The van der Waals surface area contributed by atoms with Crippen molar-refractivity contribution in [1.29, 1.82) is 0 Å². The average molecular weight is 203 g/mol. The summed E-state index contributed by atoms with van der Waals surface area (Å²) in [5, 5.41) is 11.8. The third-order valence-corrected chi connectivity index (χ3v) is 2.20. The van der Waals surface area contributed by atoms with Crippen LogP contribution in [0.15, 0.2) is 0 Å². The van der Waals surface area contributed by atoms with Gasteiger partial charge in [-0.15, -0.1) is 0 Å². The second-order valence-electron chi connectivity index (χ2n) is 4.02. The van der Waals surface area contributed by atoms with Gasteiger partial charge in [0.25, 0.3) is 0 Å². The molecule has 0 radical (unpaired) electrons. The third-order valence-electron chi connectivity index (χ3n) is 2.20. The van der Waals surface area contributed by atoms with Crippen LogP contribution < -0.4 is 5.32 Å². The molecule has 84 valence electrons. The molecule has 0 aliphatic rings. The van der Waals surface area contributed by atoms with Gasteiger partial charge in [-0.3, -0.25) is 4.79 Å². The first-order valence-electron chi connectivity index (χ1n) is 4.91. The maximum atomic E-state index is 10.6. The Kier molecular flexibility index (Phi) is 5.72. The summed E-state index contributed by atoms with van der Waals surface area (Å²) < 4.78 is 5.26. The van der Waals surface area contributed by atoms with E-state index in [4.69, 9.17) is 9.84 Å². The quantitative estimate of drug-likeness (QED) is 0.654. The molecule has 0 saturated carbocycles. The summed E-state index contributed by atoms with van der Waals surface area (Å²) in [5.74, 6) is -0.775. The Balaban J connectivity index is 4.14. The molecular formula is C10H21NO3. The lowest BCUT2D eigenvalue weighted by Gasteiger charge is -2.28. The molecule has 0 aromatic heterocycles. The predicted octanol–water partition coefficient (Wildman–Crippen LogP) is 1.25. The van der Waals surface area contributed by atoms with Gasteiger partial charge in [-0.2, -0.15) is 0 Å². The summed E-state index contributed by atoms with van der Waals surface area (Å²) in [4.78, 5) is 10.6. The van der Waals surface area contributed by atoms with E-state index in [-0.39, 0.29) is 18.1 Å². The molecule has 0 amide bonds. The van der Waals surface area contributed by atoms with E-state index in [1.54, 1.807) is 7.11 Å². The van der Waals surface area contributed by atoms with Crippen LogP contribution in [0.25, 0.3) is 0 Å². The van der Waals surface area contributed by atoms with Gasteiger partial charge in [0.1, 0.15) is 0 Å². The van der Waals surface area contributed by atoms with Crippen LogP contribution in [0.2, 0.25) is 0 Å². The number of hydrogen-bond donors (Lipinski definition) is 2. The van der Waals surface area contributed by atoms with Gasteiger partial charge in [0.05, 0.1) is 12.0 Å². The van der Waals surface area contributed by atoms with Crippen LogP contribution in [0.5, 0.6) is 0 Å². The first-order valence-corrected chi connectivity index (χ1v) is 4.91. The molecule has 0 saturated heterocycles. The van der Waals surface area contributed by atoms with Crippen molar-refractivity contribution in [3.8, 4) is 0 Å². The number of carbonyl (C=O) groups is 1. The molecule has 0 heterocycles. The zero-order valence-electron chi connectivity index (χ0n) is 9.46. The first kappa shape index (κ1) is 13.4. The van der Waals surface area contributed by atoms with E-state index >= 15 is 0 Å². The smallest absolute Gasteiger partial charge is 0.304 e. The largest absolute Gasteiger partial charge is 0.481 e. The maximum absolute atomic E-state index is 10.6. The lowest BCUT2D eigenvalue weighted by atomic mass is 9.97. The van der Waals surface area contributed by atoms with E-state index in [1.165, 1.54) is 0 Å². The lowest BCUT2D eigenvalue weighted by Crippen LogP contribution is -2.38. The van der Waals surface area contributed by atoms with E-state index in [9.17, 15) is 4.79 Å². The van der Waals surface area contributed by atoms with Gasteiger partial charge < -0.3 is 15.2 Å². The Hall–Kier alpha value is -0.610. The van der Waals surface area contributed by atoms with Crippen LogP contribution in [0, 0.1) is 0 Å². The Morgan fingerprint density at radius 2 is 2.14 bits per heavy atom. The standard InChI is InChI=1S/C10H21NO3/c1-5-11-8(6-9(12)13)7-10(2,3)14-4/h8,11H,5-7H2,1-4H3,(H,12,13). The Bertz CT molecular complexity index is 180. The van der Waals surface area contributed by atoms with Gasteiger partial charge in [0, 0.05) is 13.2 Å². The molecule has 4 nitrogen and oxygen atoms in total. The Morgan fingerprint density at radius 3 is 2.50 bits per heavy atom. The molecule has 2 N–H and O–H groups in total. The summed E-state index contributed by atoms with van der Waals surface area (Å²) in [6, 6.07) is -0.0209. The summed E-state index contributed by atoms with van der Waals surface area (Å²) >= 11 is 0. The van der Waals surface area contributed by atoms with Gasteiger partial charge >= 0.3 is 5.97 Å². The zero-order valence-corrected chi connectivity index (χ0v) is 9.46. The SMILES string of the molecule is CCNC(CC(=O)O)CC(C)(C)OC. The number of ether oxygens (including phenoxy) is 1. The first-order chi connectivity index (χ1) is 6.41. The normalized spacial score (nSPS) is 14.0. The average Bonchev–Trinajstić information content (AvgIpc) is 2.03. The highest BCUT2D eigenvalue weighted by atomic mass is 16.5. The molecule has 0 aliphatic carbocycles. The molecule has 0 aliphatic heterocycles. The van der Waals surface area contributed by atoms with Crippen molar-refractivity contribution < 1.29 is 14.6 Å². The van der Waals surface area contributed by atoms with Crippen LogP contribution in [-0.2, 0) is 9.53 Å². The highest BCUT2D eigenvalue weighted by molar-refractivity contribution is 5.67. The van der Waals surface area contributed by atoms with Crippen LogP contribution in [0.4, 0.5) is 0 Å². The van der Waals surface area contributed by atoms with Gasteiger partial charge in [-0.1, -0.05) is 6.92 Å². The van der Waals surface area contributed by atoms with E-state index in [0.717, 1.165) is 6.54 Å². The lowest BCUT2D eigenvalue weighted by molar-refractivity contribution is -0.137. The van der Waals surface area contributed by atoms with E-state index in [1.807, 2.05) is 20.8 Å². The zero-order chi connectivity index (χ0) is 11.2. The van der Waals surface area contributed by atoms with Crippen LogP contribution in [-0.4, -0.2) is 36.4 Å². The second-order valence-corrected chi connectivity index (χ2v) is 4.02. The fraction of sp³-hybridized carbons (Fsp3) is 0.900. The van der Waals surface area contributed by atoms with Gasteiger partial charge in [-0.25, -0.2) is 0 Å². The number of methoxy groups -OCH3 is 1. The van der Waals surface area contributed by atoms with Crippen molar-refractivity contribution in [2.45, 2.75) is 45.3 Å². The van der Waals surface area contributed by atoms with Crippen molar-refractivity contribution in [2.75, 3.05) is 13.7 Å². The van der Waals surface area contributed by atoms with Crippen LogP contribution in [0.3, 0.4) is 0 Å². The molecule has 0 bridgehead atoms. The molecule has 1 atom stereocenters. The molecule has 0 fully saturated rings. The van der Waals surface area contributed by atoms with Crippen LogP contribution in [0.1, 0.15) is 33.6 Å². The number of carboxylic acid groups (broad SMARTS) is 1. The van der Waals surface area contributed by atoms with Gasteiger partial charge in [0.2, 0.25) is 0 Å². The second kappa shape index (κ2) is 5.98. The molecule has 4 heteroatoms. The van der Waals surface area contributed by atoms with Crippen molar-refractivity contribution in [2.24, 2.45) is 0 Å².